The van der Waals surface area contributed by atoms with Crippen molar-refractivity contribution in [3.8, 4) is 22.5 Å². The molecule has 9 heteroatoms. The van der Waals surface area contributed by atoms with E-state index in [0.717, 1.165) is 5.56 Å². The fraction of sp³-hybridized carbons (Fsp3) is 0.0833. The Bertz CT molecular complexity index is 1330. The first kappa shape index (κ1) is 22.0. The predicted molar refractivity (Wildman–Crippen MR) is 124 cm³/mol. The molecule has 0 saturated heterocycles. The van der Waals surface area contributed by atoms with Crippen LogP contribution in [0.1, 0.15) is 27.8 Å². The number of carbonyl (C=O) groups excluding carboxylic acids is 2. The number of nitro groups is 1. The minimum Gasteiger partial charge on any atom is -0.462 e. The molecule has 4 aromatic rings. The van der Waals surface area contributed by atoms with Crippen molar-refractivity contribution < 1.29 is 23.7 Å². The standard InChI is InChI=1S/C24H18N2O6S/c1-2-31-24(28)21-18(15-7-4-3-5-8-15)14-33-23(21)25-22(27)20-12-11-19(32-20)16-9-6-10-17(13-16)26(29)30/h3-14H,2H2,1H3,(H,25,27). The first-order valence-electron chi connectivity index (χ1n) is 9.98. The molecular weight excluding hydrogens is 444 g/mol. The zero-order valence-corrected chi connectivity index (χ0v) is 18.3. The Morgan fingerprint density at radius 2 is 1.82 bits per heavy atom. The number of ether oxygens (including phenoxy) is 1. The lowest BCUT2D eigenvalue weighted by Gasteiger charge is -2.08. The van der Waals surface area contributed by atoms with Crippen LogP contribution in [0.2, 0.25) is 0 Å². The summed E-state index contributed by atoms with van der Waals surface area (Å²) in [6.07, 6.45) is 0. The molecule has 8 nitrogen and oxygen atoms in total. The van der Waals surface area contributed by atoms with Gasteiger partial charge in [0.2, 0.25) is 0 Å². The second-order valence-corrected chi connectivity index (χ2v) is 7.75. The SMILES string of the molecule is CCOC(=O)c1c(-c2ccccc2)csc1NC(=O)c1ccc(-c2cccc([N+](=O)[O-])c2)o1. The van der Waals surface area contributed by atoms with Gasteiger partial charge in [-0.25, -0.2) is 4.79 Å². The molecular formula is C24H18N2O6S. The maximum atomic E-state index is 12.9. The fourth-order valence-electron chi connectivity index (χ4n) is 3.24. The Labute approximate surface area is 192 Å². The number of anilines is 1. The molecule has 166 valence electrons. The van der Waals surface area contributed by atoms with Gasteiger partial charge in [0.05, 0.1) is 11.5 Å². The van der Waals surface area contributed by atoms with Crippen LogP contribution in [0, 0.1) is 10.1 Å². The van der Waals surface area contributed by atoms with Gasteiger partial charge in [0.15, 0.2) is 5.76 Å². The zero-order valence-electron chi connectivity index (χ0n) is 17.4. The summed E-state index contributed by atoms with van der Waals surface area (Å²) in [5, 5.41) is 15.9. The van der Waals surface area contributed by atoms with Gasteiger partial charge in [-0.15, -0.1) is 11.3 Å². The van der Waals surface area contributed by atoms with Crippen molar-refractivity contribution in [1.82, 2.24) is 0 Å². The summed E-state index contributed by atoms with van der Waals surface area (Å²) in [5.41, 5.74) is 2.14. The second kappa shape index (κ2) is 9.49. The van der Waals surface area contributed by atoms with Crippen LogP contribution in [0.25, 0.3) is 22.5 Å². The number of furan rings is 1. The smallest absolute Gasteiger partial charge is 0.341 e. The largest absolute Gasteiger partial charge is 0.462 e. The molecule has 0 atom stereocenters. The van der Waals surface area contributed by atoms with Gasteiger partial charge in [-0.2, -0.15) is 0 Å². The molecule has 0 spiro atoms. The van der Waals surface area contributed by atoms with E-state index in [9.17, 15) is 19.7 Å². The Kier molecular flexibility index (Phi) is 6.32. The second-order valence-electron chi connectivity index (χ2n) is 6.87. The van der Waals surface area contributed by atoms with E-state index >= 15 is 0 Å². The summed E-state index contributed by atoms with van der Waals surface area (Å²) < 4.78 is 10.8. The molecule has 0 saturated carbocycles. The summed E-state index contributed by atoms with van der Waals surface area (Å²) in [6, 6.07) is 18.3. The van der Waals surface area contributed by atoms with Gasteiger partial charge >= 0.3 is 5.97 Å². The molecule has 0 unspecified atom stereocenters. The number of nitrogens with one attached hydrogen (secondary N) is 1. The zero-order chi connectivity index (χ0) is 23.4. The Hall–Kier alpha value is -4.24. The highest BCUT2D eigenvalue weighted by Gasteiger charge is 2.24. The van der Waals surface area contributed by atoms with E-state index in [2.05, 4.69) is 5.32 Å². The molecule has 2 aromatic carbocycles. The number of rotatable bonds is 7. The summed E-state index contributed by atoms with van der Waals surface area (Å²) in [7, 11) is 0. The van der Waals surface area contributed by atoms with Crippen molar-refractivity contribution in [3.05, 3.63) is 93.5 Å². The molecule has 0 radical (unpaired) electrons. The van der Waals surface area contributed by atoms with Crippen LogP contribution in [0.15, 0.2) is 76.5 Å². The minimum absolute atomic E-state index is 0.000904. The van der Waals surface area contributed by atoms with Crippen molar-refractivity contribution in [2.75, 3.05) is 11.9 Å². The number of hydrogen-bond donors (Lipinski definition) is 1. The van der Waals surface area contributed by atoms with Crippen LogP contribution in [-0.2, 0) is 4.74 Å². The van der Waals surface area contributed by atoms with Crippen LogP contribution in [0.4, 0.5) is 10.7 Å². The quantitative estimate of drug-likeness (QED) is 0.204. The third kappa shape index (κ3) is 4.68. The van der Waals surface area contributed by atoms with Crippen LogP contribution < -0.4 is 5.32 Å². The van der Waals surface area contributed by atoms with Gasteiger partial charge in [0, 0.05) is 28.6 Å². The average molecular weight is 462 g/mol. The molecule has 0 aliphatic rings. The number of thiophene rings is 1. The lowest BCUT2D eigenvalue weighted by molar-refractivity contribution is -0.384. The third-order valence-electron chi connectivity index (χ3n) is 4.75. The van der Waals surface area contributed by atoms with E-state index in [1.54, 1.807) is 24.4 Å². The number of carbonyl (C=O) groups is 2. The summed E-state index contributed by atoms with van der Waals surface area (Å²) in [6.45, 7) is 1.91. The summed E-state index contributed by atoms with van der Waals surface area (Å²) in [4.78, 5) is 36.0. The molecule has 1 amide bonds. The van der Waals surface area contributed by atoms with Gasteiger partial charge < -0.3 is 14.5 Å². The Morgan fingerprint density at radius 3 is 2.55 bits per heavy atom. The fourth-order valence-corrected chi connectivity index (χ4v) is 4.19. The highest BCUT2D eigenvalue weighted by Crippen LogP contribution is 2.36. The highest BCUT2D eigenvalue weighted by molar-refractivity contribution is 7.15. The summed E-state index contributed by atoms with van der Waals surface area (Å²) >= 11 is 1.21. The molecule has 4 rings (SSSR count). The van der Waals surface area contributed by atoms with Crippen molar-refractivity contribution in [1.29, 1.82) is 0 Å². The Balaban J connectivity index is 1.62. The lowest BCUT2D eigenvalue weighted by atomic mass is 10.0. The number of nitrogens with zero attached hydrogens (tertiary/aromatic N) is 1. The van der Waals surface area contributed by atoms with Gasteiger partial charge in [0.25, 0.3) is 11.6 Å². The monoisotopic (exact) mass is 462 g/mol. The van der Waals surface area contributed by atoms with Crippen molar-refractivity contribution in [2.24, 2.45) is 0 Å². The van der Waals surface area contributed by atoms with E-state index in [1.807, 2.05) is 30.3 Å². The van der Waals surface area contributed by atoms with Crippen molar-refractivity contribution >= 4 is 33.9 Å². The van der Waals surface area contributed by atoms with Crippen LogP contribution in [-0.4, -0.2) is 23.4 Å². The van der Waals surface area contributed by atoms with Gasteiger partial charge in [-0.1, -0.05) is 42.5 Å². The van der Waals surface area contributed by atoms with Gasteiger partial charge in [-0.05, 0) is 24.6 Å². The van der Waals surface area contributed by atoms with Crippen LogP contribution in [0.5, 0.6) is 0 Å². The molecule has 0 fully saturated rings. The molecule has 2 heterocycles. The number of hydrogen-bond acceptors (Lipinski definition) is 7. The molecule has 33 heavy (non-hydrogen) atoms. The molecule has 1 N–H and O–H groups in total. The lowest BCUT2D eigenvalue weighted by Crippen LogP contribution is -2.14. The first-order valence-corrected chi connectivity index (χ1v) is 10.9. The number of esters is 1. The average Bonchev–Trinajstić information content (AvgIpc) is 3.48. The summed E-state index contributed by atoms with van der Waals surface area (Å²) in [5.74, 6) is -0.782. The normalized spacial score (nSPS) is 10.6. The number of amides is 1. The number of non-ortho nitro benzene ring substituents is 1. The van der Waals surface area contributed by atoms with Crippen molar-refractivity contribution in [2.45, 2.75) is 6.92 Å². The van der Waals surface area contributed by atoms with Crippen LogP contribution >= 0.6 is 11.3 Å². The third-order valence-corrected chi connectivity index (χ3v) is 5.65. The van der Waals surface area contributed by atoms with Crippen molar-refractivity contribution in [3.63, 3.8) is 0 Å². The highest BCUT2D eigenvalue weighted by atomic mass is 32.1. The van der Waals surface area contributed by atoms with E-state index in [4.69, 9.17) is 9.15 Å². The maximum Gasteiger partial charge on any atom is 0.341 e. The van der Waals surface area contributed by atoms with Gasteiger partial charge in [0.1, 0.15) is 16.3 Å². The Morgan fingerprint density at radius 1 is 1.06 bits per heavy atom. The molecule has 0 aliphatic carbocycles. The molecule has 0 bridgehead atoms. The maximum absolute atomic E-state index is 12.9. The first-order chi connectivity index (χ1) is 16.0. The molecule has 0 aliphatic heterocycles. The number of benzene rings is 2. The molecule has 2 aromatic heterocycles. The minimum atomic E-state index is -0.557. The van der Waals surface area contributed by atoms with E-state index in [1.165, 1.54) is 35.6 Å². The van der Waals surface area contributed by atoms with E-state index in [-0.39, 0.29) is 23.6 Å². The van der Waals surface area contributed by atoms with E-state index < -0.39 is 16.8 Å². The topological polar surface area (TPSA) is 112 Å². The van der Waals surface area contributed by atoms with Crippen LogP contribution in [0.3, 0.4) is 0 Å². The van der Waals surface area contributed by atoms with Gasteiger partial charge in [-0.3, -0.25) is 14.9 Å². The predicted octanol–water partition coefficient (Wildman–Crippen LogP) is 6.01. The number of nitro benzene ring substituents is 1. The van der Waals surface area contributed by atoms with E-state index in [0.29, 0.717) is 21.9 Å².